The van der Waals surface area contributed by atoms with Gasteiger partial charge in [-0.1, -0.05) is 122 Å². The number of benzene rings is 4. The van der Waals surface area contributed by atoms with E-state index in [1.807, 2.05) is 48.5 Å². The molecule has 2 saturated heterocycles. The molecule has 2 aliphatic heterocycles. The van der Waals surface area contributed by atoms with Crippen LogP contribution in [-0.2, 0) is 45.1 Å². The fourth-order valence-electron chi connectivity index (χ4n) is 9.36. The van der Waals surface area contributed by atoms with Crippen molar-refractivity contribution in [2.24, 2.45) is 0 Å². The number of aromatic amines is 2. The molecule has 6 heterocycles. The van der Waals surface area contributed by atoms with Gasteiger partial charge in [-0.3, -0.25) is 14.7 Å². The van der Waals surface area contributed by atoms with Crippen LogP contribution in [0, 0.1) is 0 Å². The van der Waals surface area contributed by atoms with Gasteiger partial charge < -0.3 is 55.1 Å². The second kappa shape index (κ2) is 35.1. The van der Waals surface area contributed by atoms with Gasteiger partial charge in [-0.2, -0.15) is 0 Å². The van der Waals surface area contributed by atoms with Gasteiger partial charge in [0.1, 0.15) is 35.6 Å². The summed E-state index contributed by atoms with van der Waals surface area (Å²) in [6.07, 6.45) is 4.19. The molecule has 0 radical (unpaired) electrons. The largest absolute Gasteiger partial charge is 0.394 e. The number of aromatic nitrogens is 6. The molecule has 0 aliphatic carbocycles. The van der Waals surface area contributed by atoms with E-state index in [1.165, 1.54) is 11.1 Å². The Morgan fingerprint density at radius 1 is 0.512 bits per heavy atom. The second-order valence-corrected chi connectivity index (χ2v) is 20.5. The van der Waals surface area contributed by atoms with Gasteiger partial charge >= 0.3 is 0 Å². The van der Waals surface area contributed by atoms with Gasteiger partial charge in [0.15, 0.2) is 0 Å². The molecule has 4 aromatic carbocycles. The average molecular weight is 1160 g/mol. The molecule has 8 aromatic rings. The number of rotatable bonds is 27. The van der Waals surface area contributed by atoms with E-state index < -0.39 is 0 Å². The zero-order chi connectivity index (χ0) is 56.3. The molecule has 2 fully saturated rings. The number of hydrogen-bond donors (Lipinski definition) is 7. The Labute approximate surface area is 492 Å². The van der Waals surface area contributed by atoms with E-state index in [4.69, 9.17) is 52.4 Å². The highest BCUT2D eigenvalue weighted by Gasteiger charge is 2.18. The highest BCUT2D eigenvalue weighted by Crippen LogP contribution is 2.30. The Morgan fingerprint density at radius 2 is 0.939 bits per heavy atom. The van der Waals surface area contributed by atoms with Crippen LogP contribution in [0.25, 0.3) is 44.6 Å². The molecular weight excluding hydrogens is 1080 g/mol. The third-order valence-electron chi connectivity index (χ3n) is 13.8. The van der Waals surface area contributed by atoms with Gasteiger partial charge in [-0.25, -0.2) is 19.9 Å². The minimum absolute atomic E-state index is 0. The summed E-state index contributed by atoms with van der Waals surface area (Å²) in [5.74, 6) is 1.57. The van der Waals surface area contributed by atoms with E-state index in [-0.39, 0.29) is 20.6 Å². The van der Waals surface area contributed by atoms with Gasteiger partial charge in [0, 0.05) is 113 Å². The van der Waals surface area contributed by atoms with Crippen molar-refractivity contribution >= 4 is 56.9 Å². The van der Waals surface area contributed by atoms with E-state index in [2.05, 4.69) is 128 Å². The summed E-state index contributed by atoms with van der Waals surface area (Å²) in [5.41, 5.74) is 10.6. The maximum Gasteiger partial charge on any atom is 0.143 e. The lowest BCUT2D eigenvalue weighted by Crippen LogP contribution is -2.46. The van der Waals surface area contributed by atoms with E-state index in [9.17, 15) is 0 Å². The van der Waals surface area contributed by atoms with Crippen molar-refractivity contribution in [1.29, 1.82) is 0 Å². The van der Waals surface area contributed by atoms with Crippen molar-refractivity contribution in [1.82, 2.24) is 49.9 Å². The first-order valence-corrected chi connectivity index (χ1v) is 28.8. The van der Waals surface area contributed by atoms with Crippen LogP contribution in [0.15, 0.2) is 122 Å². The lowest BCUT2D eigenvalue weighted by Gasteiger charge is -2.34. The van der Waals surface area contributed by atoms with Gasteiger partial charge in [-0.15, -0.1) is 0 Å². The first kappa shape index (κ1) is 63.5. The topological polar surface area (TPSA) is 206 Å². The number of H-pyrrole nitrogens is 2. The maximum absolute atomic E-state index is 8.71. The molecule has 7 N–H and O–H groups in total. The van der Waals surface area contributed by atoms with E-state index in [0.717, 1.165) is 162 Å². The molecule has 0 atom stereocenters. The number of aliphatic hydroxyl groups excluding tert-OH is 2. The number of fused-ring (bicyclic) bond motifs is 2. The highest BCUT2D eigenvalue weighted by molar-refractivity contribution is 6.31. The molecule has 2 aliphatic rings. The van der Waals surface area contributed by atoms with Crippen molar-refractivity contribution in [3.05, 3.63) is 154 Å². The van der Waals surface area contributed by atoms with Crippen LogP contribution in [0.5, 0.6) is 0 Å². The third kappa shape index (κ3) is 20.1. The SMILES string of the molecule is C.CCCOCCOCCO.Clc1ccccc1CNc1ncnc2[nH]c(-c3ccc(CN4CCNCC4)cc3)cc12.OCCOCCOCCN1CCN(Cc2ccc(-c3cc4c(NCc5ccccc5Cl)ncnc4[nH]3)cc2)CC1. The molecule has 440 valence electrons. The molecule has 0 amide bonds. The van der Waals surface area contributed by atoms with Gasteiger partial charge in [0.25, 0.3) is 0 Å². The minimum atomic E-state index is 0. The van der Waals surface area contributed by atoms with Crippen molar-refractivity contribution < 1.29 is 29.2 Å². The second-order valence-electron chi connectivity index (χ2n) is 19.7. The van der Waals surface area contributed by atoms with E-state index >= 15 is 0 Å². The van der Waals surface area contributed by atoms with Crippen LogP contribution in [0.4, 0.5) is 11.6 Å². The summed E-state index contributed by atoms with van der Waals surface area (Å²) in [6, 6.07) is 37.4. The smallest absolute Gasteiger partial charge is 0.143 e. The first-order valence-electron chi connectivity index (χ1n) is 28.1. The lowest BCUT2D eigenvalue weighted by molar-refractivity contribution is 0.0214. The Kier molecular flexibility index (Phi) is 27.2. The monoisotopic (exact) mass is 1160 g/mol. The fraction of sp³-hybridized carbons (Fsp3) is 0.419. The number of piperazine rings is 2. The predicted octanol–water partition coefficient (Wildman–Crippen LogP) is 9.39. The Balaban J connectivity index is 0.000000204. The van der Waals surface area contributed by atoms with E-state index in [0.29, 0.717) is 59.3 Å². The Morgan fingerprint density at radius 3 is 1.39 bits per heavy atom. The van der Waals surface area contributed by atoms with Crippen LogP contribution in [0.1, 0.15) is 43.0 Å². The average Bonchev–Trinajstić information content (AvgIpc) is 4.37. The quantitative estimate of drug-likeness (QED) is 0.0240. The first-order chi connectivity index (χ1) is 39.9. The maximum atomic E-state index is 8.71. The molecular formula is C62H82Cl2N12O6. The normalized spacial score (nSPS) is 14.0. The summed E-state index contributed by atoms with van der Waals surface area (Å²) in [7, 11) is 0. The predicted molar refractivity (Wildman–Crippen MR) is 331 cm³/mol. The fourth-order valence-corrected chi connectivity index (χ4v) is 9.77. The Hall–Kier alpha value is -6.10. The minimum Gasteiger partial charge on any atom is -0.394 e. The highest BCUT2D eigenvalue weighted by atomic mass is 35.5. The summed E-state index contributed by atoms with van der Waals surface area (Å²) >= 11 is 12.6. The molecule has 0 saturated carbocycles. The van der Waals surface area contributed by atoms with Crippen molar-refractivity contribution in [2.45, 2.75) is 47.0 Å². The molecule has 82 heavy (non-hydrogen) atoms. The molecule has 18 nitrogen and oxygen atoms in total. The van der Waals surface area contributed by atoms with Crippen LogP contribution in [0.3, 0.4) is 0 Å². The number of ether oxygens (including phenoxy) is 4. The summed E-state index contributed by atoms with van der Waals surface area (Å²) in [6.45, 7) is 19.4. The molecule has 20 heteroatoms. The van der Waals surface area contributed by atoms with Crippen molar-refractivity contribution in [3.63, 3.8) is 0 Å². The summed E-state index contributed by atoms with van der Waals surface area (Å²) in [4.78, 5) is 32.1. The van der Waals surface area contributed by atoms with Gasteiger partial charge in [0.2, 0.25) is 0 Å². The summed E-state index contributed by atoms with van der Waals surface area (Å²) in [5, 5.41) is 30.6. The molecule has 10 rings (SSSR count). The number of nitrogens with one attached hydrogen (secondary N) is 5. The van der Waals surface area contributed by atoms with Crippen LogP contribution in [-0.4, -0.2) is 180 Å². The number of anilines is 2. The van der Waals surface area contributed by atoms with Crippen molar-refractivity contribution in [3.8, 4) is 22.5 Å². The standard InChI is InChI=1S/C30H37ClN6O3.C24H25ClN6.C7H16O3.CH4/c31-27-4-2-1-3-25(27)20-32-29-26-19-28(35-30(26)34-22-33-29)24-7-5-23(6-8-24)21-37-11-9-36(10-12-37)13-15-39-17-18-40-16-14-38;25-21-4-2-1-3-19(21)14-27-23-20-13-22(30-24(20)29-16-28-23)18-7-5-17(6-8-18)15-31-11-9-26-10-12-31;1-2-4-9-6-7-10-5-3-8;/h1-8,19,22,38H,9-18,20-21H2,(H2,32,33,34,35);1-8,13,16,26H,9-12,14-15H2,(H2,27,28,29,30);8H,2-7H2,1H3;1H4. The summed E-state index contributed by atoms with van der Waals surface area (Å²) < 4.78 is 20.9. The molecule has 4 aromatic heterocycles. The third-order valence-corrected chi connectivity index (χ3v) is 14.5. The van der Waals surface area contributed by atoms with Crippen LogP contribution >= 0.6 is 23.2 Å². The number of nitrogens with zero attached hydrogens (tertiary/aromatic N) is 7. The zero-order valence-electron chi connectivity index (χ0n) is 46.4. The number of halogens is 2. The van der Waals surface area contributed by atoms with E-state index in [1.54, 1.807) is 12.7 Å². The van der Waals surface area contributed by atoms with Crippen LogP contribution < -0.4 is 16.0 Å². The Bertz CT molecular complexity index is 3050. The molecule has 0 spiro atoms. The number of hydrogen-bond acceptors (Lipinski definition) is 16. The van der Waals surface area contributed by atoms with Gasteiger partial charge in [0.05, 0.1) is 70.2 Å². The van der Waals surface area contributed by atoms with Crippen LogP contribution in [0.2, 0.25) is 10.0 Å². The lowest BCUT2D eigenvalue weighted by atomic mass is 10.1. The van der Waals surface area contributed by atoms with Crippen molar-refractivity contribution in [2.75, 3.05) is 136 Å². The molecule has 0 bridgehead atoms. The zero-order valence-corrected chi connectivity index (χ0v) is 47.9. The van der Waals surface area contributed by atoms with Gasteiger partial charge in [-0.05, 0) is 64.1 Å². The number of aliphatic hydroxyl groups is 2. The molecule has 0 unspecified atom stereocenters.